The fourth-order valence-corrected chi connectivity index (χ4v) is 1.52. The van der Waals surface area contributed by atoms with Crippen molar-refractivity contribution in [1.29, 1.82) is 0 Å². The van der Waals surface area contributed by atoms with Crippen LogP contribution in [0.25, 0.3) is 0 Å². The maximum atomic E-state index is 11.4. The van der Waals surface area contributed by atoms with Crippen molar-refractivity contribution in [2.45, 2.75) is 20.8 Å². The molecular weight excluding hydrogens is 178 g/mol. The summed E-state index contributed by atoms with van der Waals surface area (Å²) < 4.78 is 5.70. The molecule has 0 unspecified atom stereocenters. The molecule has 0 N–H and O–H groups in total. The lowest BCUT2D eigenvalue weighted by Gasteiger charge is -2.34. The second-order valence-electron chi connectivity index (χ2n) is 3.41. The van der Waals surface area contributed by atoms with E-state index in [1.54, 1.807) is 0 Å². The summed E-state index contributed by atoms with van der Waals surface area (Å²) >= 11 is 0. The number of nitrogens with zero attached hydrogens (tertiary/aromatic N) is 1. The van der Waals surface area contributed by atoms with Crippen molar-refractivity contribution in [2.75, 3.05) is 32.8 Å². The first-order valence-electron chi connectivity index (χ1n) is 5.25. The number of rotatable bonds is 7. The zero-order valence-corrected chi connectivity index (χ0v) is 9.58. The summed E-state index contributed by atoms with van der Waals surface area (Å²) in [5.74, 6) is -0.113. The molecule has 0 spiro atoms. The topological polar surface area (TPSA) is 26.3 Å². The van der Waals surface area contributed by atoms with Crippen LogP contribution in [-0.2, 0) is 9.53 Å². The van der Waals surface area contributed by atoms with Crippen molar-refractivity contribution in [3.05, 3.63) is 12.7 Å². The van der Waals surface area contributed by atoms with Gasteiger partial charge in [0.1, 0.15) is 0 Å². The van der Waals surface area contributed by atoms with Crippen molar-refractivity contribution in [1.82, 2.24) is 0 Å². The molecule has 0 radical (unpaired) electrons. The third kappa shape index (κ3) is 3.92. The monoisotopic (exact) mass is 200 g/mol. The van der Waals surface area contributed by atoms with Gasteiger partial charge in [-0.3, -0.25) is 0 Å². The highest BCUT2D eigenvalue weighted by molar-refractivity contribution is 5.70. The molecule has 3 nitrogen and oxygen atoms in total. The van der Waals surface area contributed by atoms with Crippen LogP contribution in [0.3, 0.4) is 0 Å². The van der Waals surface area contributed by atoms with Crippen LogP contribution in [0.4, 0.5) is 0 Å². The number of carbonyl (C=O) groups excluding carboxylic acids is 1. The largest absolute Gasteiger partial charge is 0.462 e. The Labute approximate surface area is 86.9 Å². The van der Waals surface area contributed by atoms with E-state index in [0.29, 0.717) is 13.2 Å². The van der Waals surface area contributed by atoms with Crippen molar-refractivity contribution in [3.63, 3.8) is 0 Å². The van der Waals surface area contributed by atoms with Crippen LogP contribution in [0.1, 0.15) is 20.8 Å². The van der Waals surface area contributed by atoms with E-state index in [2.05, 4.69) is 20.4 Å². The SMILES string of the molecule is C=CC[N+](CC)(CC)CC(=O)OCC. The van der Waals surface area contributed by atoms with E-state index >= 15 is 0 Å². The highest BCUT2D eigenvalue weighted by Gasteiger charge is 2.25. The number of quaternary nitrogens is 1. The average molecular weight is 200 g/mol. The minimum atomic E-state index is -0.113. The van der Waals surface area contributed by atoms with Gasteiger partial charge in [-0.1, -0.05) is 6.58 Å². The Balaban J connectivity index is 4.33. The van der Waals surface area contributed by atoms with Gasteiger partial charge in [0.15, 0.2) is 6.54 Å². The molecule has 3 heteroatoms. The van der Waals surface area contributed by atoms with Gasteiger partial charge in [-0.15, -0.1) is 0 Å². The van der Waals surface area contributed by atoms with Crippen LogP contribution in [-0.4, -0.2) is 43.2 Å². The molecule has 0 aromatic rings. The highest BCUT2D eigenvalue weighted by Crippen LogP contribution is 2.06. The standard InChI is InChI=1S/C11H22NO2/c1-5-9-12(6-2,7-3)10-11(13)14-8-4/h5H,1,6-10H2,2-4H3/q+1. The second kappa shape index (κ2) is 6.60. The van der Waals surface area contributed by atoms with Gasteiger partial charge in [0, 0.05) is 0 Å². The number of hydrogen-bond acceptors (Lipinski definition) is 2. The molecule has 14 heavy (non-hydrogen) atoms. The summed E-state index contributed by atoms with van der Waals surface area (Å²) in [5.41, 5.74) is 0. The second-order valence-corrected chi connectivity index (χ2v) is 3.41. The fraction of sp³-hybridized carbons (Fsp3) is 0.727. The molecule has 0 fully saturated rings. The minimum absolute atomic E-state index is 0.113. The highest BCUT2D eigenvalue weighted by atomic mass is 16.5. The van der Waals surface area contributed by atoms with Crippen molar-refractivity contribution in [3.8, 4) is 0 Å². The molecule has 0 amide bonds. The molecule has 0 saturated heterocycles. The summed E-state index contributed by atoms with van der Waals surface area (Å²) in [5, 5.41) is 0. The van der Waals surface area contributed by atoms with E-state index in [0.717, 1.165) is 24.1 Å². The van der Waals surface area contributed by atoms with Gasteiger partial charge in [-0.2, -0.15) is 0 Å². The van der Waals surface area contributed by atoms with E-state index in [9.17, 15) is 4.79 Å². The fourth-order valence-electron chi connectivity index (χ4n) is 1.52. The number of esters is 1. The Morgan fingerprint density at radius 1 is 1.36 bits per heavy atom. The molecule has 0 aliphatic heterocycles. The average Bonchev–Trinajstić information content (AvgIpc) is 2.17. The molecule has 0 rings (SSSR count). The van der Waals surface area contributed by atoms with Gasteiger partial charge >= 0.3 is 5.97 Å². The first-order valence-corrected chi connectivity index (χ1v) is 5.25. The molecule has 0 aliphatic carbocycles. The number of hydrogen-bond donors (Lipinski definition) is 0. The normalized spacial score (nSPS) is 11.1. The van der Waals surface area contributed by atoms with Gasteiger partial charge in [-0.05, 0) is 26.8 Å². The molecule has 0 heterocycles. The Morgan fingerprint density at radius 2 is 1.93 bits per heavy atom. The zero-order valence-electron chi connectivity index (χ0n) is 9.58. The molecule has 82 valence electrons. The van der Waals surface area contributed by atoms with E-state index in [4.69, 9.17) is 4.74 Å². The number of ether oxygens (including phenoxy) is 1. The maximum Gasteiger partial charge on any atom is 0.361 e. The molecule has 0 aromatic heterocycles. The van der Waals surface area contributed by atoms with Crippen LogP contribution in [0.15, 0.2) is 12.7 Å². The van der Waals surface area contributed by atoms with Crippen LogP contribution < -0.4 is 0 Å². The Bertz CT molecular complexity index is 186. The Hall–Kier alpha value is -0.830. The van der Waals surface area contributed by atoms with E-state index in [-0.39, 0.29) is 5.97 Å². The van der Waals surface area contributed by atoms with Crippen LogP contribution in [0.2, 0.25) is 0 Å². The molecule has 0 aliphatic rings. The molecule has 0 atom stereocenters. The molecule has 0 saturated carbocycles. The van der Waals surface area contributed by atoms with Gasteiger partial charge in [-0.25, -0.2) is 4.79 Å². The van der Waals surface area contributed by atoms with Crippen LogP contribution in [0.5, 0.6) is 0 Å². The Kier molecular flexibility index (Phi) is 6.21. The van der Waals surface area contributed by atoms with E-state index in [1.807, 2.05) is 13.0 Å². The lowest BCUT2D eigenvalue weighted by molar-refractivity contribution is -0.912. The summed E-state index contributed by atoms with van der Waals surface area (Å²) in [6.45, 7) is 13.3. The molecular formula is C11H22NO2+. The third-order valence-corrected chi connectivity index (χ3v) is 2.63. The molecule has 0 bridgehead atoms. The first-order chi connectivity index (χ1) is 6.64. The summed E-state index contributed by atoms with van der Waals surface area (Å²) in [6, 6.07) is 0. The summed E-state index contributed by atoms with van der Waals surface area (Å²) in [6.07, 6.45) is 1.87. The van der Waals surface area contributed by atoms with Gasteiger partial charge < -0.3 is 9.22 Å². The number of carbonyl (C=O) groups is 1. The summed E-state index contributed by atoms with van der Waals surface area (Å²) in [7, 11) is 0. The quantitative estimate of drug-likeness (QED) is 0.354. The van der Waals surface area contributed by atoms with E-state index in [1.165, 1.54) is 0 Å². The van der Waals surface area contributed by atoms with Crippen LogP contribution >= 0.6 is 0 Å². The first kappa shape index (κ1) is 13.2. The predicted molar refractivity (Wildman–Crippen MR) is 57.9 cm³/mol. The van der Waals surface area contributed by atoms with Crippen LogP contribution in [0, 0.1) is 0 Å². The summed E-state index contributed by atoms with van der Waals surface area (Å²) in [4.78, 5) is 11.4. The van der Waals surface area contributed by atoms with Gasteiger partial charge in [0.25, 0.3) is 0 Å². The van der Waals surface area contributed by atoms with Gasteiger partial charge in [0.2, 0.25) is 0 Å². The van der Waals surface area contributed by atoms with E-state index < -0.39 is 0 Å². The third-order valence-electron chi connectivity index (χ3n) is 2.63. The smallest absolute Gasteiger partial charge is 0.361 e. The maximum absolute atomic E-state index is 11.4. The zero-order chi connectivity index (χ0) is 11.0. The Morgan fingerprint density at radius 3 is 2.29 bits per heavy atom. The minimum Gasteiger partial charge on any atom is -0.462 e. The van der Waals surface area contributed by atoms with Crippen molar-refractivity contribution < 1.29 is 14.0 Å². The lowest BCUT2D eigenvalue weighted by Crippen LogP contribution is -2.51. The lowest BCUT2D eigenvalue weighted by atomic mass is 10.3. The molecule has 0 aromatic carbocycles. The number of likely N-dealkylation sites (N-methyl/N-ethyl adjacent to an activating group) is 1. The van der Waals surface area contributed by atoms with Crippen molar-refractivity contribution >= 4 is 5.97 Å². The predicted octanol–water partition coefficient (Wildman–Crippen LogP) is 1.59. The van der Waals surface area contributed by atoms with Gasteiger partial charge in [0.05, 0.1) is 26.2 Å². The van der Waals surface area contributed by atoms with Crippen molar-refractivity contribution in [2.24, 2.45) is 0 Å².